The number of hydrogen-bond donors (Lipinski definition) is 0. The van der Waals surface area contributed by atoms with Crippen molar-refractivity contribution in [2.45, 2.75) is 18.9 Å². The molecule has 2 rings (SSSR count). The molecule has 0 saturated heterocycles. The Morgan fingerprint density at radius 2 is 1.88 bits per heavy atom. The molecule has 0 saturated carbocycles. The number of halogens is 2. The van der Waals surface area contributed by atoms with Gasteiger partial charge in [0, 0.05) is 11.4 Å². The summed E-state index contributed by atoms with van der Waals surface area (Å²) in [5.74, 6) is 0.120. The number of nitriles is 1. The molecular weight excluding hydrogens is 343 g/mol. The molecule has 0 fully saturated rings. The van der Waals surface area contributed by atoms with E-state index in [4.69, 9.17) is 21.2 Å². The molecule has 4 nitrogen and oxygen atoms in total. The molecule has 25 heavy (non-hydrogen) atoms. The molecule has 2 aromatic rings. The number of nitrogens with zero attached hydrogens (tertiary/aromatic N) is 2. The molecule has 0 aliphatic carbocycles. The van der Waals surface area contributed by atoms with Crippen molar-refractivity contribution < 1.29 is 14.0 Å². The minimum absolute atomic E-state index is 0.299. The van der Waals surface area contributed by atoms with E-state index >= 15 is 0 Å². The summed E-state index contributed by atoms with van der Waals surface area (Å²) in [4.78, 5) is 5.22. The quantitative estimate of drug-likeness (QED) is 0.363. The molecule has 6 heteroatoms. The highest BCUT2D eigenvalue weighted by atomic mass is 35.5. The molecule has 0 heterocycles. The molecule has 0 aliphatic rings. The summed E-state index contributed by atoms with van der Waals surface area (Å²) in [5.41, 5.74) is 1.71. The van der Waals surface area contributed by atoms with Crippen molar-refractivity contribution in [2.24, 2.45) is 5.16 Å². The standard InChI is InChI=1S/C19H18ClFN2O2/c20-18-6-2-15(3-7-18)14-25-23-13-17(12-22)16-4-8-19(9-5-16)24-11-1-10-21/h2-9,13,17H,1,10-11,14H2/b23-13+. The third-order valence-electron chi connectivity index (χ3n) is 3.35. The first kappa shape index (κ1) is 18.8. The zero-order valence-corrected chi connectivity index (χ0v) is 14.3. The van der Waals surface area contributed by atoms with Gasteiger partial charge in [-0.05, 0) is 35.4 Å². The van der Waals surface area contributed by atoms with Crippen LogP contribution in [0.4, 0.5) is 4.39 Å². The van der Waals surface area contributed by atoms with Gasteiger partial charge in [-0.15, -0.1) is 0 Å². The van der Waals surface area contributed by atoms with Crippen LogP contribution in [0.2, 0.25) is 5.02 Å². The van der Waals surface area contributed by atoms with Crippen molar-refractivity contribution in [3.05, 3.63) is 64.7 Å². The minimum atomic E-state index is -0.523. The van der Waals surface area contributed by atoms with E-state index in [1.54, 1.807) is 36.4 Å². The summed E-state index contributed by atoms with van der Waals surface area (Å²) in [6.07, 6.45) is 1.81. The second-order valence-electron chi connectivity index (χ2n) is 5.22. The lowest BCUT2D eigenvalue weighted by molar-refractivity contribution is 0.131. The summed E-state index contributed by atoms with van der Waals surface area (Å²) >= 11 is 5.82. The van der Waals surface area contributed by atoms with Gasteiger partial charge in [-0.3, -0.25) is 4.39 Å². The Bertz CT molecular complexity index is 712. The van der Waals surface area contributed by atoms with Crippen LogP contribution in [0.1, 0.15) is 23.5 Å². The molecule has 1 unspecified atom stereocenters. The zero-order chi connectivity index (χ0) is 17.9. The summed E-state index contributed by atoms with van der Waals surface area (Å²) in [6, 6.07) is 16.5. The van der Waals surface area contributed by atoms with Crippen molar-refractivity contribution in [2.75, 3.05) is 13.3 Å². The second kappa shape index (κ2) is 10.3. The van der Waals surface area contributed by atoms with Gasteiger partial charge in [0.25, 0.3) is 0 Å². The van der Waals surface area contributed by atoms with Crippen LogP contribution in [0.25, 0.3) is 0 Å². The van der Waals surface area contributed by atoms with Gasteiger partial charge in [-0.2, -0.15) is 5.26 Å². The molecule has 0 bridgehead atoms. The molecular formula is C19H18ClFN2O2. The predicted octanol–water partition coefficient (Wildman–Crippen LogP) is 4.89. The highest BCUT2D eigenvalue weighted by molar-refractivity contribution is 6.30. The second-order valence-corrected chi connectivity index (χ2v) is 5.66. The highest BCUT2D eigenvalue weighted by Gasteiger charge is 2.08. The van der Waals surface area contributed by atoms with Gasteiger partial charge in [0.05, 0.1) is 25.6 Å². The van der Waals surface area contributed by atoms with Crippen LogP contribution in [0.5, 0.6) is 5.75 Å². The van der Waals surface area contributed by atoms with Crippen LogP contribution < -0.4 is 4.74 Å². The smallest absolute Gasteiger partial charge is 0.142 e. The molecule has 0 spiro atoms. The highest BCUT2D eigenvalue weighted by Crippen LogP contribution is 2.18. The van der Waals surface area contributed by atoms with Crippen molar-refractivity contribution in [3.63, 3.8) is 0 Å². The Balaban J connectivity index is 1.86. The molecule has 1 atom stereocenters. The lowest BCUT2D eigenvalue weighted by atomic mass is 10.0. The summed E-state index contributed by atoms with van der Waals surface area (Å²) < 4.78 is 17.4. The topological polar surface area (TPSA) is 54.6 Å². The zero-order valence-electron chi connectivity index (χ0n) is 13.6. The third-order valence-corrected chi connectivity index (χ3v) is 3.61. The molecule has 0 radical (unpaired) electrons. The first-order chi connectivity index (χ1) is 12.2. The number of ether oxygens (including phenoxy) is 1. The van der Waals surface area contributed by atoms with Crippen molar-refractivity contribution in [1.29, 1.82) is 5.26 Å². The summed E-state index contributed by atoms with van der Waals surface area (Å²) in [6.45, 7) is 0.228. The fraction of sp³-hybridized carbons (Fsp3) is 0.263. The number of hydrogen-bond acceptors (Lipinski definition) is 4. The monoisotopic (exact) mass is 360 g/mol. The number of alkyl halides is 1. The van der Waals surface area contributed by atoms with Gasteiger partial charge < -0.3 is 9.57 Å². The number of benzene rings is 2. The van der Waals surface area contributed by atoms with Crippen molar-refractivity contribution >= 4 is 17.8 Å². The van der Waals surface area contributed by atoms with E-state index < -0.39 is 12.6 Å². The van der Waals surface area contributed by atoms with E-state index in [0.29, 0.717) is 30.4 Å². The Kier molecular flexibility index (Phi) is 7.74. The van der Waals surface area contributed by atoms with Crippen LogP contribution in [-0.4, -0.2) is 19.5 Å². The van der Waals surface area contributed by atoms with Gasteiger partial charge >= 0.3 is 0 Å². The van der Waals surface area contributed by atoms with Gasteiger partial charge in [0.1, 0.15) is 18.3 Å². The van der Waals surface area contributed by atoms with E-state index in [0.717, 1.165) is 11.1 Å². The molecule has 0 aromatic heterocycles. The van der Waals surface area contributed by atoms with E-state index in [9.17, 15) is 9.65 Å². The maximum atomic E-state index is 12.0. The molecule has 2 aromatic carbocycles. The lowest BCUT2D eigenvalue weighted by Crippen LogP contribution is -2.00. The van der Waals surface area contributed by atoms with E-state index in [-0.39, 0.29) is 0 Å². The van der Waals surface area contributed by atoms with Gasteiger partial charge in [-0.1, -0.05) is 41.0 Å². The largest absolute Gasteiger partial charge is 0.494 e. The van der Waals surface area contributed by atoms with Crippen LogP contribution in [-0.2, 0) is 11.4 Å². The predicted molar refractivity (Wildman–Crippen MR) is 95.6 cm³/mol. The Morgan fingerprint density at radius 1 is 1.16 bits per heavy atom. The first-order valence-electron chi connectivity index (χ1n) is 7.81. The van der Waals surface area contributed by atoms with Gasteiger partial charge in [0.15, 0.2) is 0 Å². The van der Waals surface area contributed by atoms with Gasteiger partial charge in [0.2, 0.25) is 0 Å². The van der Waals surface area contributed by atoms with Crippen LogP contribution in [0.15, 0.2) is 53.7 Å². The minimum Gasteiger partial charge on any atom is -0.494 e. The fourth-order valence-electron chi connectivity index (χ4n) is 2.01. The Morgan fingerprint density at radius 3 is 2.52 bits per heavy atom. The van der Waals surface area contributed by atoms with Crippen molar-refractivity contribution in [1.82, 2.24) is 0 Å². The lowest BCUT2D eigenvalue weighted by Gasteiger charge is -2.07. The summed E-state index contributed by atoms with van der Waals surface area (Å²) in [7, 11) is 0. The average molecular weight is 361 g/mol. The summed E-state index contributed by atoms with van der Waals surface area (Å²) in [5, 5.41) is 13.8. The maximum Gasteiger partial charge on any atom is 0.142 e. The average Bonchev–Trinajstić information content (AvgIpc) is 2.64. The Hall–Kier alpha value is -2.58. The molecule has 0 N–H and O–H groups in total. The van der Waals surface area contributed by atoms with Crippen LogP contribution in [0, 0.1) is 11.3 Å². The van der Waals surface area contributed by atoms with Gasteiger partial charge in [-0.25, -0.2) is 0 Å². The number of rotatable bonds is 9. The Labute approximate surface area is 151 Å². The molecule has 130 valence electrons. The normalized spacial score (nSPS) is 11.9. The molecule has 0 aliphatic heterocycles. The van der Waals surface area contributed by atoms with Crippen molar-refractivity contribution in [3.8, 4) is 11.8 Å². The third kappa shape index (κ3) is 6.44. The number of oxime groups is 1. The van der Waals surface area contributed by atoms with E-state index in [2.05, 4.69) is 11.2 Å². The molecule has 0 amide bonds. The first-order valence-corrected chi connectivity index (χ1v) is 8.19. The van der Waals surface area contributed by atoms with E-state index in [1.165, 1.54) is 6.21 Å². The fourth-order valence-corrected chi connectivity index (χ4v) is 2.13. The van der Waals surface area contributed by atoms with E-state index in [1.807, 2.05) is 12.1 Å². The maximum absolute atomic E-state index is 12.0. The van der Waals surface area contributed by atoms with Crippen LogP contribution >= 0.6 is 11.6 Å². The van der Waals surface area contributed by atoms with Crippen LogP contribution in [0.3, 0.4) is 0 Å². The SMILES string of the molecule is N#CC(/C=N/OCc1ccc(Cl)cc1)c1ccc(OCCCF)cc1.